The highest BCUT2D eigenvalue weighted by Gasteiger charge is 2.20. The number of thiazole rings is 1. The Bertz CT molecular complexity index is 1660. The van der Waals surface area contributed by atoms with E-state index in [0.717, 1.165) is 62.7 Å². The van der Waals surface area contributed by atoms with E-state index in [2.05, 4.69) is 60.2 Å². The van der Waals surface area contributed by atoms with Gasteiger partial charge in [-0.3, -0.25) is 0 Å². The highest BCUT2D eigenvalue weighted by Crippen LogP contribution is 2.32. The molecule has 0 radical (unpaired) electrons. The van der Waals surface area contributed by atoms with Crippen molar-refractivity contribution < 1.29 is 14.3 Å². The molecular formula is C33H35N3O3S. The summed E-state index contributed by atoms with van der Waals surface area (Å²) in [4.78, 5) is 22.1. The van der Waals surface area contributed by atoms with Crippen LogP contribution in [0, 0.1) is 13.8 Å². The molecule has 0 aliphatic rings. The summed E-state index contributed by atoms with van der Waals surface area (Å²) < 4.78 is 13.3. The molecule has 6 nitrogen and oxygen atoms in total. The van der Waals surface area contributed by atoms with Gasteiger partial charge < -0.3 is 14.0 Å². The van der Waals surface area contributed by atoms with Gasteiger partial charge in [0.05, 0.1) is 21.7 Å². The van der Waals surface area contributed by atoms with E-state index in [-0.39, 0.29) is 0 Å². The van der Waals surface area contributed by atoms with Crippen molar-refractivity contribution in [3.05, 3.63) is 88.0 Å². The summed E-state index contributed by atoms with van der Waals surface area (Å²) in [5, 5.41) is 3.18. The number of rotatable bonds is 7. The molecule has 0 aliphatic heterocycles. The molecule has 40 heavy (non-hydrogen) atoms. The van der Waals surface area contributed by atoms with Crippen LogP contribution in [0.2, 0.25) is 0 Å². The number of para-hydroxylation sites is 1. The van der Waals surface area contributed by atoms with Crippen molar-refractivity contribution in [2.45, 2.75) is 66.5 Å². The Labute approximate surface area is 239 Å². The van der Waals surface area contributed by atoms with Gasteiger partial charge in [-0.1, -0.05) is 49.4 Å². The molecule has 0 amide bonds. The lowest BCUT2D eigenvalue weighted by molar-refractivity contribution is 0.0207. The van der Waals surface area contributed by atoms with Crippen LogP contribution in [0.15, 0.2) is 66.0 Å². The zero-order chi connectivity index (χ0) is 28.4. The number of benzene rings is 3. The van der Waals surface area contributed by atoms with Gasteiger partial charge in [0.15, 0.2) is 0 Å². The van der Waals surface area contributed by atoms with Crippen LogP contribution in [0.25, 0.3) is 33.4 Å². The first-order valence-corrected chi connectivity index (χ1v) is 14.5. The second kappa shape index (κ2) is 11.3. The minimum Gasteiger partial charge on any atom is -0.428 e. The molecule has 0 fully saturated rings. The molecule has 5 rings (SSSR count). The van der Waals surface area contributed by atoms with Gasteiger partial charge >= 0.3 is 6.16 Å². The maximum absolute atomic E-state index is 12.3. The predicted octanol–water partition coefficient (Wildman–Crippen LogP) is 8.76. The Hall–Kier alpha value is -3.97. The molecule has 206 valence electrons. The summed E-state index contributed by atoms with van der Waals surface area (Å²) >= 11 is 1.67. The first-order chi connectivity index (χ1) is 19.1. The zero-order valence-electron chi connectivity index (χ0n) is 23.9. The van der Waals surface area contributed by atoms with Gasteiger partial charge in [-0.05, 0) is 75.9 Å². The SMILES string of the molecule is CCCc1nc2c(C)cc(-c3csc(C)n3)cc2n1Cc1ccc(-c2ccccc2OC(=O)OC(C)(C)C)cc1. The average Bonchev–Trinajstić information content (AvgIpc) is 3.48. The summed E-state index contributed by atoms with van der Waals surface area (Å²) in [7, 11) is 0. The van der Waals surface area contributed by atoms with E-state index in [9.17, 15) is 4.79 Å². The van der Waals surface area contributed by atoms with Crippen molar-refractivity contribution in [1.29, 1.82) is 0 Å². The number of aromatic nitrogens is 3. The maximum atomic E-state index is 12.3. The molecule has 2 aromatic heterocycles. The summed E-state index contributed by atoms with van der Waals surface area (Å²) in [5.41, 5.74) is 7.80. The fourth-order valence-electron chi connectivity index (χ4n) is 4.80. The minimum absolute atomic E-state index is 0.468. The zero-order valence-corrected chi connectivity index (χ0v) is 24.8. The number of hydrogen-bond acceptors (Lipinski definition) is 6. The number of aryl methyl sites for hydroxylation is 3. The summed E-state index contributed by atoms with van der Waals surface area (Å²) in [6, 6.07) is 20.3. The molecule has 2 heterocycles. The third kappa shape index (κ3) is 6.10. The van der Waals surface area contributed by atoms with Crippen LogP contribution in [-0.2, 0) is 17.7 Å². The molecule has 0 atom stereocenters. The quantitative estimate of drug-likeness (QED) is 0.149. The standard InChI is InChI=1S/C33H35N3O3S/c1-7-10-30-35-31-21(2)17-25(27-20-40-22(3)34-27)18-28(31)36(30)19-23-13-15-24(16-14-23)26-11-8-9-12-29(26)38-32(37)39-33(4,5)6/h8-9,11-18,20H,7,10,19H2,1-6H3. The summed E-state index contributed by atoms with van der Waals surface area (Å²) in [6.45, 7) is 12.5. The van der Waals surface area contributed by atoms with Gasteiger partial charge in [0.1, 0.15) is 17.2 Å². The molecule has 0 unspecified atom stereocenters. The molecule has 0 bridgehead atoms. The van der Waals surface area contributed by atoms with E-state index >= 15 is 0 Å². The Kier molecular flexibility index (Phi) is 7.76. The molecule has 7 heteroatoms. The number of nitrogens with zero attached hydrogens (tertiary/aromatic N) is 3. The number of hydrogen-bond donors (Lipinski definition) is 0. The van der Waals surface area contributed by atoms with Crippen LogP contribution in [0.1, 0.15) is 56.1 Å². The van der Waals surface area contributed by atoms with Gasteiger partial charge in [0.2, 0.25) is 0 Å². The number of carbonyl (C=O) groups is 1. The lowest BCUT2D eigenvalue weighted by atomic mass is 10.0. The first kappa shape index (κ1) is 27.6. The lowest BCUT2D eigenvalue weighted by Crippen LogP contribution is -2.26. The van der Waals surface area contributed by atoms with Crippen LogP contribution in [-0.4, -0.2) is 26.3 Å². The highest BCUT2D eigenvalue weighted by molar-refractivity contribution is 7.09. The number of carbonyl (C=O) groups excluding carboxylic acids is 1. The van der Waals surface area contributed by atoms with E-state index in [4.69, 9.17) is 19.4 Å². The smallest absolute Gasteiger partial charge is 0.428 e. The molecule has 0 N–H and O–H groups in total. The Balaban J connectivity index is 1.46. The van der Waals surface area contributed by atoms with Crippen LogP contribution in [0.5, 0.6) is 5.75 Å². The lowest BCUT2D eigenvalue weighted by Gasteiger charge is -2.19. The number of ether oxygens (including phenoxy) is 2. The van der Waals surface area contributed by atoms with Gasteiger partial charge in [-0.2, -0.15) is 0 Å². The Morgan fingerprint density at radius 1 is 0.975 bits per heavy atom. The number of fused-ring (bicyclic) bond motifs is 1. The fourth-order valence-corrected chi connectivity index (χ4v) is 5.42. The van der Waals surface area contributed by atoms with Crippen molar-refractivity contribution in [3.63, 3.8) is 0 Å². The molecule has 0 spiro atoms. The highest BCUT2D eigenvalue weighted by atomic mass is 32.1. The molecule has 3 aromatic carbocycles. The third-order valence-electron chi connectivity index (χ3n) is 6.59. The molecule has 0 saturated carbocycles. The van der Waals surface area contributed by atoms with Crippen molar-refractivity contribution in [2.75, 3.05) is 0 Å². The second-order valence-corrected chi connectivity index (χ2v) is 12.1. The van der Waals surface area contributed by atoms with E-state index in [1.165, 1.54) is 5.56 Å². The Morgan fingerprint density at radius 2 is 1.73 bits per heavy atom. The van der Waals surface area contributed by atoms with Gasteiger partial charge in [0, 0.05) is 29.5 Å². The summed E-state index contributed by atoms with van der Waals surface area (Å²) in [5.74, 6) is 1.56. The molecule has 5 aromatic rings. The van der Waals surface area contributed by atoms with Gasteiger partial charge in [-0.25, -0.2) is 14.8 Å². The van der Waals surface area contributed by atoms with Crippen molar-refractivity contribution in [3.8, 4) is 28.1 Å². The summed E-state index contributed by atoms with van der Waals surface area (Å²) in [6.07, 6.45) is 1.22. The van der Waals surface area contributed by atoms with Crippen LogP contribution >= 0.6 is 11.3 Å². The topological polar surface area (TPSA) is 66.2 Å². The van der Waals surface area contributed by atoms with Crippen LogP contribution in [0.3, 0.4) is 0 Å². The monoisotopic (exact) mass is 553 g/mol. The van der Waals surface area contributed by atoms with Crippen molar-refractivity contribution in [1.82, 2.24) is 14.5 Å². The average molecular weight is 554 g/mol. The van der Waals surface area contributed by atoms with Gasteiger partial charge in [0.25, 0.3) is 0 Å². The molecule has 0 saturated heterocycles. The van der Waals surface area contributed by atoms with E-state index < -0.39 is 11.8 Å². The van der Waals surface area contributed by atoms with Crippen molar-refractivity contribution >= 4 is 28.5 Å². The van der Waals surface area contributed by atoms with Crippen molar-refractivity contribution in [2.24, 2.45) is 0 Å². The molecular weight excluding hydrogens is 518 g/mol. The second-order valence-electron chi connectivity index (χ2n) is 11.0. The Morgan fingerprint density at radius 3 is 2.40 bits per heavy atom. The van der Waals surface area contributed by atoms with Crippen LogP contribution in [0.4, 0.5) is 4.79 Å². The van der Waals surface area contributed by atoms with E-state index in [0.29, 0.717) is 12.3 Å². The third-order valence-corrected chi connectivity index (χ3v) is 7.36. The molecule has 0 aliphatic carbocycles. The van der Waals surface area contributed by atoms with Gasteiger partial charge in [-0.15, -0.1) is 11.3 Å². The predicted molar refractivity (Wildman–Crippen MR) is 162 cm³/mol. The largest absolute Gasteiger partial charge is 0.514 e. The van der Waals surface area contributed by atoms with E-state index in [1.807, 2.05) is 45.9 Å². The number of imidazole rings is 1. The van der Waals surface area contributed by atoms with E-state index in [1.54, 1.807) is 17.4 Å². The first-order valence-electron chi connectivity index (χ1n) is 13.6. The minimum atomic E-state index is -0.713. The normalized spacial score (nSPS) is 11.7. The maximum Gasteiger partial charge on any atom is 0.514 e. The van der Waals surface area contributed by atoms with Crippen LogP contribution < -0.4 is 4.74 Å². The fraction of sp³-hybridized carbons (Fsp3) is 0.303.